The van der Waals surface area contributed by atoms with Crippen molar-refractivity contribution >= 4 is 0 Å². The van der Waals surface area contributed by atoms with Crippen LogP contribution >= 0.6 is 0 Å². The van der Waals surface area contributed by atoms with Gasteiger partial charge < -0.3 is 14.8 Å². The van der Waals surface area contributed by atoms with E-state index in [0.29, 0.717) is 12.8 Å². The van der Waals surface area contributed by atoms with Gasteiger partial charge in [-0.25, -0.2) is 0 Å². The van der Waals surface area contributed by atoms with Gasteiger partial charge in [-0.2, -0.15) is 0 Å². The average molecular weight is 262 g/mol. The maximum Gasteiger partial charge on any atom is 0.231 e. The number of fused-ring (bicyclic) bond motifs is 1. The molecule has 1 aromatic rings. The van der Waals surface area contributed by atoms with Crippen molar-refractivity contribution in [2.45, 2.75) is 19.4 Å². The van der Waals surface area contributed by atoms with Gasteiger partial charge >= 0.3 is 0 Å². The second kappa shape index (κ2) is 5.39. The first-order chi connectivity index (χ1) is 9.28. The first-order valence-corrected chi connectivity index (χ1v) is 7.06. The zero-order valence-corrected chi connectivity index (χ0v) is 11.7. The van der Waals surface area contributed by atoms with E-state index in [9.17, 15) is 0 Å². The molecule has 2 heterocycles. The summed E-state index contributed by atoms with van der Waals surface area (Å²) in [6.45, 7) is 6.10. The number of benzene rings is 1. The van der Waals surface area contributed by atoms with E-state index in [1.165, 1.54) is 25.1 Å². The second-order valence-electron chi connectivity index (χ2n) is 5.50. The summed E-state index contributed by atoms with van der Waals surface area (Å²) in [5.41, 5.74) is 1.31. The van der Waals surface area contributed by atoms with Crippen LogP contribution in [-0.4, -0.2) is 38.4 Å². The van der Waals surface area contributed by atoms with Crippen molar-refractivity contribution in [2.75, 3.05) is 33.5 Å². The molecule has 1 fully saturated rings. The summed E-state index contributed by atoms with van der Waals surface area (Å²) in [6, 6.07) is 6.74. The van der Waals surface area contributed by atoms with E-state index in [4.69, 9.17) is 9.47 Å². The second-order valence-corrected chi connectivity index (χ2v) is 5.50. The molecule has 0 bridgehead atoms. The molecule has 2 aliphatic rings. The first-order valence-electron chi connectivity index (χ1n) is 7.06. The van der Waals surface area contributed by atoms with Crippen LogP contribution in [0.3, 0.4) is 0 Å². The van der Waals surface area contributed by atoms with Gasteiger partial charge in [-0.15, -0.1) is 0 Å². The summed E-state index contributed by atoms with van der Waals surface area (Å²) in [7, 11) is 2.03. The highest BCUT2D eigenvalue weighted by Crippen LogP contribution is 2.36. The van der Waals surface area contributed by atoms with Gasteiger partial charge in [0.2, 0.25) is 6.79 Å². The van der Waals surface area contributed by atoms with E-state index >= 15 is 0 Å². The third kappa shape index (κ3) is 2.55. The lowest BCUT2D eigenvalue weighted by Gasteiger charge is -2.25. The zero-order chi connectivity index (χ0) is 13.2. The van der Waals surface area contributed by atoms with Crippen molar-refractivity contribution in [2.24, 2.45) is 5.92 Å². The number of nitrogens with zero attached hydrogens (tertiary/aromatic N) is 1. The van der Waals surface area contributed by atoms with Crippen molar-refractivity contribution in [3.05, 3.63) is 23.8 Å². The van der Waals surface area contributed by atoms with Gasteiger partial charge in [-0.3, -0.25) is 4.90 Å². The smallest absolute Gasteiger partial charge is 0.231 e. The largest absolute Gasteiger partial charge is 0.454 e. The number of rotatable bonds is 4. The third-order valence-corrected chi connectivity index (χ3v) is 4.24. The topological polar surface area (TPSA) is 33.7 Å². The maximum atomic E-state index is 5.46. The Kier molecular flexibility index (Phi) is 3.62. The van der Waals surface area contributed by atoms with Crippen LogP contribution in [0.15, 0.2) is 18.2 Å². The molecule has 3 rings (SSSR count). The number of nitrogens with one attached hydrogen (secondary N) is 1. The Labute approximate surface area is 114 Å². The van der Waals surface area contributed by atoms with Gasteiger partial charge in [0.05, 0.1) is 0 Å². The van der Waals surface area contributed by atoms with E-state index in [1.54, 1.807) is 0 Å². The maximum absolute atomic E-state index is 5.46. The van der Waals surface area contributed by atoms with Crippen LogP contribution in [0.5, 0.6) is 11.5 Å². The van der Waals surface area contributed by atoms with Crippen LogP contribution in [-0.2, 0) is 0 Å². The molecule has 4 nitrogen and oxygen atoms in total. The predicted octanol–water partition coefficient (Wildman–Crippen LogP) is 2.02. The van der Waals surface area contributed by atoms with Gasteiger partial charge in [0.25, 0.3) is 0 Å². The average Bonchev–Trinajstić information content (AvgIpc) is 3.05. The molecule has 4 heteroatoms. The molecule has 1 N–H and O–H groups in total. The minimum Gasteiger partial charge on any atom is -0.454 e. The molecule has 104 valence electrons. The fraction of sp³-hybridized carbons (Fsp3) is 0.600. The first kappa shape index (κ1) is 12.8. The summed E-state index contributed by atoms with van der Waals surface area (Å²) in [5.74, 6) is 2.53. The highest BCUT2D eigenvalue weighted by Gasteiger charge is 2.27. The minimum atomic E-state index is 0.348. The van der Waals surface area contributed by atoms with Crippen molar-refractivity contribution in [3.8, 4) is 11.5 Å². The molecule has 0 aliphatic carbocycles. The molecular formula is C15H22N2O2. The number of ether oxygens (including phenoxy) is 2. The van der Waals surface area contributed by atoms with E-state index in [2.05, 4.69) is 29.3 Å². The molecule has 0 aromatic heterocycles. The summed E-state index contributed by atoms with van der Waals surface area (Å²) in [6.07, 6.45) is 1.29. The van der Waals surface area contributed by atoms with Crippen molar-refractivity contribution in [1.82, 2.24) is 10.2 Å². The lowest BCUT2D eigenvalue weighted by Crippen LogP contribution is -2.27. The third-order valence-electron chi connectivity index (χ3n) is 4.24. The molecule has 19 heavy (non-hydrogen) atoms. The van der Waals surface area contributed by atoms with E-state index in [0.717, 1.165) is 24.0 Å². The molecule has 1 aromatic carbocycles. The lowest BCUT2D eigenvalue weighted by atomic mass is 10.1. The normalized spacial score (nSPS) is 23.8. The van der Waals surface area contributed by atoms with Crippen molar-refractivity contribution in [3.63, 3.8) is 0 Å². The Balaban J connectivity index is 1.69. The summed E-state index contributed by atoms with van der Waals surface area (Å²) >= 11 is 0. The van der Waals surface area contributed by atoms with Crippen LogP contribution in [0, 0.1) is 5.92 Å². The summed E-state index contributed by atoms with van der Waals surface area (Å²) in [5, 5.41) is 3.28. The van der Waals surface area contributed by atoms with Crippen LogP contribution < -0.4 is 14.8 Å². The van der Waals surface area contributed by atoms with E-state index < -0.39 is 0 Å². The van der Waals surface area contributed by atoms with Gasteiger partial charge in [0.15, 0.2) is 11.5 Å². The van der Waals surface area contributed by atoms with Crippen LogP contribution in [0.2, 0.25) is 0 Å². The van der Waals surface area contributed by atoms with E-state index in [1.807, 2.05) is 13.1 Å². The molecule has 0 spiro atoms. The minimum absolute atomic E-state index is 0.348. The highest BCUT2D eigenvalue weighted by molar-refractivity contribution is 5.45. The van der Waals surface area contributed by atoms with Gasteiger partial charge in [-0.05, 0) is 57.1 Å². The molecule has 2 atom stereocenters. The van der Waals surface area contributed by atoms with E-state index in [-0.39, 0.29) is 0 Å². The van der Waals surface area contributed by atoms with Crippen LogP contribution in [0.1, 0.15) is 24.9 Å². The fourth-order valence-corrected chi connectivity index (χ4v) is 3.05. The predicted molar refractivity (Wildman–Crippen MR) is 74.6 cm³/mol. The molecule has 0 amide bonds. The Morgan fingerprint density at radius 1 is 1.37 bits per heavy atom. The highest BCUT2D eigenvalue weighted by atomic mass is 16.7. The van der Waals surface area contributed by atoms with Gasteiger partial charge in [0.1, 0.15) is 0 Å². The molecule has 1 saturated heterocycles. The standard InChI is InChI=1S/C15H22N2O2/c1-11(17-6-5-12(9-17)8-16-2)13-3-4-14-15(7-13)19-10-18-14/h3-4,7,11-12,16H,5-6,8-10H2,1-2H3. The zero-order valence-electron chi connectivity index (χ0n) is 11.7. The monoisotopic (exact) mass is 262 g/mol. The Bertz CT molecular complexity index is 450. The summed E-state index contributed by atoms with van der Waals surface area (Å²) < 4.78 is 10.8. The van der Waals surface area contributed by atoms with Crippen molar-refractivity contribution in [1.29, 1.82) is 0 Å². The number of likely N-dealkylation sites (tertiary alicyclic amines) is 1. The fourth-order valence-electron chi connectivity index (χ4n) is 3.05. The Morgan fingerprint density at radius 3 is 3.05 bits per heavy atom. The molecule has 0 saturated carbocycles. The molecule has 2 unspecified atom stereocenters. The van der Waals surface area contributed by atoms with Gasteiger partial charge in [0, 0.05) is 12.6 Å². The Hall–Kier alpha value is -1.26. The number of hydrogen-bond acceptors (Lipinski definition) is 4. The quantitative estimate of drug-likeness (QED) is 0.900. The molecular weight excluding hydrogens is 240 g/mol. The van der Waals surface area contributed by atoms with Crippen molar-refractivity contribution < 1.29 is 9.47 Å². The molecule has 0 radical (unpaired) electrons. The number of hydrogen-bond donors (Lipinski definition) is 1. The SMILES string of the molecule is CNCC1CCN(C(C)c2ccc3c(c2)OCO3)C1. The lowest BCUT2D eigenvalue weighted by molar-refractivity contribution is 0.174. The van der Waals surface area contributed by atoms with Crippen LogP contribution in [0.4, 0.5) is 0 Å². The molecule has 2 aliphatic heterocycles. The van der Waals surface area contributed by atoms with Gasteiger partial charge in [-0.1, -0.05) is 6.07 Å². The summed E-state index contributed by atoms with van der Waals surface area (Å²) in [4.78, 5) is 2.56. The Morgan fingerprint density at radius 2 is 2.21 bits per heavy atom. The van der Waals surface area contributed by atoms with Crippen LogP contribution in [0.25, 0.3) is 0 Å².